The van der Waals surface area contributed by atoms with Crippen LogP contribution in [0, 0.1) is 4.91 Å². The Kier molecular flexibility index (Phi) is 4.21. The molecule has 1 aliphatic heterocycles. The zero-order chi connectivity index (χ0) is 11.9. The molecule has 0 radical (unpaired) electrons. The molecule has 0 aliphatic carbocycles. The van der Waals surface area contributed by atoms with Gasteiger partial charge in [-0.05, 0) is 5.56 Å². The maximum Gasteiger partial charge on any atom is 0.134 e. The van der Waals surface area contributed by atoms with Crippen molar-refractivity contribution < 1.29 is 0 Å². The van der Waals surface area contributed by atoms with Gasteiger partial charge in [-0.15, -0.1) is 4.91 Å². The van der Waals surface area contributed by atoms with E-state index in [2.05, 4.69) is 10.3 Å². The van der Waals surface area contributed by atoms with E-state index in [1.807, 2.05) is 46.5 Å². The van der Waals surface area contributed by atoms with E-state index in [0.29, 0.717) is 0 Å². The lowest BCUT2D eigenvalue weighted by molar-refractivity contribution is 0.139. The average Bonchev–Trinajstić information content (AvgIpc) is 2.40. The molecule has 0 spiro atoms. The fourth-order valence-corrected chi connectivity index (χ4v) is 1.76. The molecule has 0 bridgehead atoms. The number of hydrogen-bond acceptors (Lipinski definition) is 5. The van der Waals surface area contributed by atoms with Crippen molar-refractivity contribution in [2.75, 3.05) is 32.8 Å². The summed E-state index contributed by atoms with van der Waals surface area (Å²) in [5, 5.41) is 9.34. The van der Waals surface area contributed by atoms with E-state index in [9.17, 15) is 4.91 Å². The summed E-state index contributed by atoms with van der Waals surface area (Å²) in [4.78, 5) is 12.2. The Labute approximate surface area is 101 Å². The second kappa shape index (κ2) is 6.10. The molecule has 0 saturated carbocycles. The molecule has 0 unspecified atom stereocenters. The molecule has 0 atom stereocenters. The Balaban J connectivity index is 1.82. The highest BCUT2D eigenvalue weighted by molar-refractivity contribution is 5.79. The van der Waals surface area contributed by atoms with E-state index in [1.54, 1.807) is 0 Å². The van der Waals surface area contributed by atoms with Crippen molar-refractivity contribution >= 4 is 6.21 Å². The third-order valence-electron chi connectivity index (χ3n) is 2.78. The van der Waals surface area contributed by atoms with Crippen LogP contribution >= 0.6 is 0 Å². The van der Waals surface area contributed by atoms with Crippen LogP contribution in [0.3, 0.4) is 0 Å². The summed E-state index contributed by atoms with van der Waals surface area (Å²) in [6.45, 7) is 3.67. The summed E-state index contributed by atoms with van der Waals surface area (Å²) in [6.07, 6.45) is 1.87. The van der Waals surface area contributed by atoms with Gasteiger partial charge in [0.05, 0.1) is 6.21 Å². The van der Waals surface area contributed by atoms with Crippen molar-refractivity contribution in [2.45, 2.75) is 0 Å². The average molecular weight is 232 g/mol. The molecule has 17 heavy (non-hydrogen) atoms. The van der Waals surface area contributed by atoms with Gasteiger partial charge in [-0.3, -0.25) is 9.91 Å². The Morgan fingerprint density at radius 1 is 1.12 bits per heavy atom. The molecule has 1 aromatic rings. The van der Waals surface area contributed by atoms with Gasteiger partial charge in [0.15, 0.2) is 0 Å². The number of hydrazone groups is 1. The number of benzene rings is 1. The molecule has 2 rings (SSSR count). The summed E-state index contributed by atoms with van der Waals surface area (Å²) in [5.41, 5.74) is 1.10. The van der Waals surface area contributed by atoms with E-state index in [4.69, 9.17) is 0 Å². The van der Waals surface area contributed by atoms with Gasteiger partial charge in [-0.25, -0.2) is 0 Å². The fourth-order valence-electron chi connectivity index (χ4n) is 1.76. The van der Waals surface area contributed by atoms with E-state index >= 15 is 0 Å². The summed E-state index contributed by atoms with van der Waals surface area (Å²) in [7, 11) is 0. The first-order valence-electron chi connectivity index (χ1n) is 5.74. The van der Waals surface area contributed by atoms with Crippen LogP contribution in [0.2, 0.25) is 0 Å². The first-order chi connectivity index (χ1) is 8.38. The van der Waals surface area contributed by atoms with Crippen LogP contribution in [0.1, 0.15) is 5.56 Å². The van der Waals surface area contributed by atoms with E-state index in [0.717, 1.165) is 31.7 Å². The minimum atomic E-state index is 0.288. The van der Waals surface area contributed by atoms with Crippen LogP contribution in [0.25, 0.3) is 0 Å². The third kappa shape index (κ3) is 3.64. The van der Waals surface area contributed by atoms with Crippen LogP contribution in [-0.4, -0.2) is 49.0 Å². The van der Waals surface area contributed by atoms with E-state index in [-0.39, 0.29) is 6.67 Å². The molecule has 0 N–H and O–H groups in total. The Bertz CT molecular complexity index is 371. The highest BCUT2D eigenvalue weighted by Gasteiger charge is 2.14. The quantitative estimate of drug-likeness (QED) is 0.581. The monoisotopic (exact) mass is 232 g/mol. The normalized spacial score (nSPS) is 17.5. The summed E-state index contributed by atoms with van der Waals surface area (Å²) < 4.78 is 0. The zero-order valence-electron chi connectivity index (χ0n) is 9.70. The second-order valence-corrected chi connectivity index (χ2v) is 4.00. The minimum Gasteiger partial charge on any atom is -0.294 e. The molecule has 1 aliphatic rings. The molecular formula is C12H16N4O. The van der Waals surface area contributed by atoms with Gasteiger partial charge in [-0.2, -0.15) is 5.10 Å². The molecule has 5 nitrogen and oxygen atoms in total. The predicted octanol–water partition coefficient (Wildman–Crippen LogP) is 1.36. The minimum absolute atomic E-state index is 0.288. The Morgan fingerprint density at radius 3 is 2.47 bits per heavy atom. The van der Waals surface area contributed by atoms with Crippen molar-refractivity contribution in [1.82, 2.24) is 9.91 Å². The number of rotatable bonds is 4. The zero-order valence-corrected chi connectivity index (χ0v) is 9.70. The van der Waals surface area contributed by atoms with E-state index < -0.39 is 0 Å². The van der Waals surface area contributed by atoms with Gasteiger partial charge in [-0.1, -0.05) is 35.5 Å². The lowest BCUT2D eigenvalue weighted by Crippen LogP contribution is -2.43. The van der Waals surface area contributed by atoms with Crippen molar-refractivity contribution in [1.29, 1.82) is 0 Å². The number of piperazine rings is 1. The molecule has 1 heterocycles. The largest absolute Gasteiger partial charge is 0.294 e. The number of nitroso groups, excluding NO2 is 1. The predicted molar refractivity (Wildman–Crippen MR) is 67.8 cm³/mol. The summed E-state index contributed by atoms with van der Waals surface area (Å²) in [6, 6.07) is 10.0. The van der Waals surface area contributed by atoms with Crippen molar-refractivity contribution in [3.63, 3.8) is 0 Å². The first-order valence-corrected chi connectivity index (χ1v) is 5.74. The van der Waals surface area contributed by atoms with E-state index in [1.165, 1.54) is 0 Å². The molecular weight excluding hydrogens is 216 g/mol. The van der Waals surface area contributed by atoms with Crippen molar-refractivity contribution in [2.24, 2.45) is 10.3 Å². The topological polar surface area (TPSA) is 48.3 Å². The maximum atomic E-state index is 10.1. The van der Waals surface area contributed by atoms with Gasteiger partial charge in [0.25, 0.3) is 0 Å². The van der Waals surface area contributed by atoms with Crippen molar-refractivity contribution in [3.8, 4) is 0 Å². The van der Waals surface area contributed by atoms with Gasteiger partial charge < -0.3 is 0 Å². The smallest absolute Gasteiger partial charge is 0.134 e. The standard InChI is InChI=1S/C12H16N4O/c17-14-11-15-6-8-16(9-7-15)13-10-12-4-2-1-3-5-12/h1-5,10H,6-9,11H2/b13-10+. The van der Waals surface area contributed by atoms with Crippen LogP contribution in [0.5, 0.6) is 0 Å². The third-order valence-corrected chi connectivity index (χ3v) is 2.78. The fraction of sp³-hybridized carbons (Fsp3) is 0.417. The van der Waals surface area contributed by atoms with Crippen LogP contribution in [0.4, 0.5) is 0 Å². The Morgan fingerprint density at radius 2 is 1.82 bits per heavy atom. The SMILES string of the molecule is O=NCN1CCN(/N=C/c2ccccc2)CC1. The molecule has 1 aromatic carbocycles. The summed E-state index contributed by atoms with van der Waals surface area (Å²) >= 11 is 0. The Hall–Kier alpha value is -1.75. The van der Waals surface area contributed by atoms with Gasteiger partial charge in [0.1, 0.15) is 6.67 Å². The lowest BCUT2D eigenvalue weighted by Gasteiger charge is -2.31. The molecule has 5 heteroatoms. The highest BCUT2D eigenvalue weighted by atomic mass is 16.3. The number of nitrogens with zero attached hydrogens (tertiary/aromatic N) is 4. The van der Waals surface area contributed by atoms with Gasteiger partial charge in [0.2, 0.25) is 0 Å². The summed E-state index contributed by atoms with van der Waals surface area (Å²) in [5.74, 6) is 0. The molecule has 90 valence electrons. The highest BCUT2D eigenvalue weighted by Crippen LogP contribution is 2.02. The van der Waals surface area contributed by atoms with Crippen LogP contribution < -0.4 is 0 Å². The second-order valence-electron chi connectivity index (χ2n) is 4.00. The van der Waals surface area contributed by atoms with Crippen molar-refractivity contribution in [3.05, 3.63) is 40.8 Å². The van der Waals surface area contributed by atoms with Gasteiger partial charge >= 0.3 is 0 Å². The van der Waals surface area contributed by atoms with Crippen LogP contribution in [-0.2, 0) is 0 Å². The number of hydrogen-bond donors (Lipinski definition) is 0. The first kappa shape index (κ1) is 11.7. The van der Waals surface area contributed by atoms with Crippen LogP contribution in [0.15, 0.2) is 40.6 Å². The lowest BCUT2D eigenvalue weighted by atomic mass is 10.2. The molecule has 0 aromatic heterocycles. The molecule has 0 amide bonds. The molecule has 1 fully saturated rings. The maximum absolute atomic E-state index is 10.1. The molecule has 1 saturated heterocycles. The van der Waals surface area contributed by atoms with Gasteiger partial charge in [0, 0.05) is 26.2 Å².